The van der Waals surface area contributed by atoms with Crippen LogP contribution in [0.4, 0.5) is 0 Å². The van der Waals surface area contributed by atoms with E-state index in [4.69, 9.17) is 0 Å². The highest BCUT2D eigenvalue weighted by Gasteiger charge is 2.27. The van der Waals surface area contributed by atoms with Gasteiger partial charge in [0, 0.05) is 6.42 Å². The van der Waals surface area contributed by atoms with E-state index >= 15 is 0 Å². The van der Waals surface area contributed by atoms with Gasteiger partial charge in [0.25, 0.3) is 0 Å². The third-order valence-electron chi connectivity index (χ3n) is 1.98. The third-order valence-corrected chi connectivity index (χ3v) is 1.98. The van der Waals surface area contributed by atoms with Crippen LogP contribution in [0.5, 0.6) is 0 Å². The third kappa shape index (κ3) is 2.80. The lowest BCUT2D eigenvalue weighted by atomic mass is 9.91. The number of rotatable bonds is 3. The fourth-order valence-electron chi connectivity index (χ4n) is 1.42. The summed E-state index contributed by atoms with van der Waals surface area (Å²) in [5, 5.41) is 0. The van der Waals surface area contributed by atoms with Crippen LogP contribution in [-0.4, -0.2) is 23.8 Å². The zero-order valence-corrected chi connectivity index (χ0v) is 8.43. The lowest BCUT2D eigenvalue weighted by molar-refractivity contribution is 0.528. The minimum absolute atomic E-state index is 0.245. The second-order valence-corrected chi connectivity index (χ2v) is 3.35. The zero-order valence-electron chi connectivity index (χ0n) is 8.43. The van der Waals surface area contributed by atoms with E-state index in [0.29, 0.717) is 5.70 Å². The van der Waals surface area contributed by atoms with Crippen LogP contribution in [0.15, 0.2) is 38.5 Å². The van der Waals surface area contributed by atoms with Gasteiger partial charge in [-0.05, 0) is 19.1 Å². The van der Waals surface area contributed by atoms with Crippen molar-refractivity contribution in [1.82, 2.24) is 0 Å². The topological polar surface area (TPSA) is 88.3 Å². The SMILES string of the molecule is CC1(N=C=O)C=C(N=C=O)C=C(N=C=O)C1. The number of carbonyl (C=O) groups excluding carboxylic acids is 3. The average Bonchev–Trinajstić information content (AvgIpc) is 2.17. The molecule has 1 aliphatic carbocycles. The van der Waals surface area contributed by atoms with Crippen LogP contribution in [0.3, 0.4) is 0 Å². The molecule has 80 valence electrons. The van der Waals surface area contributed by atoms with Gasteiger partial charge in [0.15, 0.2) is 0 Å². The number of hydrogen-bond acceptors (Lipinski definition) is 6. The van der Waals surface area contributed by atoms with Crippen LogP contribution in [0, 0.1) is 0 Å². The van der Waals surface area contributed by atoms with Crippen LogP contribution in [-0.2, 0) is 14.4 Å². The number of nitrogens with zero attached hydrogens (tertiary/aromatic N) is 3. The molecule has 0 spiro atoms. The summed E-state index contributed by atoms with van der Waals surface area (Å²) in [6.45, 7) is 1.63. The second-order valence-electron chi connectivity index (χ2n) is 3.35. The molecule has 0 aromatic rings. The van der Waals surface area contributed by atoms with Crippen LogP contribution in [0.25, 0.3) is 0 Å². The Bertz CT molecular complexity index is 501. The Morgan fingerprint density at radius 2 is 1.88 bits per heavy atom. The maximum absolute atomic E-state index is 10.3. The van der Waals surface area contributed by atoms with E-state index in [0.717, 1.165) is 0 Å². The van der Waals surface area contributed by atoms with Crippen molar-refractivity contribution < 1.29 is 14.4 Å². The highest BCUT2D eigenvalue weighted by molar-refractivity contribution is 5.47. The maximum atomic E-state index is 10.3. The van der Waals surface area contributed by atoms with Gasteiger partial charge in [0.1, 0.15) is 0 Å². The maximum Gasteiger partial charge on any atom is 0.240 e. The van der Waals surface area contributed by atoms with E-state index in [1.807, 2.05) is 0 Å². The Hall–Kier alpha value is -2.38. The molecule has 0 aromatic heterocycles. The van der Waals surface area contributed by atoms with Gasteiger partial charge >= 0.3 is 0 Å². The lowest BCUT2D eigenvalue weighted by Crippen LogP contribution is -2.22. The number of hydrogen-bond donors (Lipinski definition) is 0. The molecule has 0 aromatic carbocycles. The molecule has 0 saturated heterocycles. The van der Waals surface area contributed by atoms with Crippen molar-refractivity contribution in [3.05, 3.63) is 23.5 Å². The van der Waals surface area contributed by atoms with E-state index in [1.54, 1.807) is 6.92 Å². The van der Waals surface area contributed by atoms with Crippen molar-refractivity contribution >= 4 is 18.2 Å². The van der Waals surface area contributed by atoms with E-state index in [2.05, 4.69) is 15.0 Å². The molecule has 6 heteroatoms. The van der Waals surface area contributed by atoms with E-state index < -0.39 is 5.54 Å². The van der Waals surface area contributed by atoms with E-state index in [-0.39, 0.29) is 12.1 Å². The van der Waals surface area contributed by atoms with Gasteiger partial charge in [-0.2, -0.15) is 15.0 Å². The molecular weight excluding hydrogens is 210 g/mol. The van der Waals surface area contributed by atoms with Gasteiger partial charge in [-0.3, -0.25) is 0 Å². The minimum Gasteiger partial charge on any atom is -0.211 e. The van der Waals surface area contributed by atoms with E-state index in [9.17, 15) is 14.4 Å². The summed E-state index contributed by atoms with van der Waals surface area (Å²) < 4.78 is 0. The Kier molecular flexibility index (Phi) is 3.59. The molecule has 1 unspecified atom stereocenters. The van der Waals surface area contributed by atoms with Crippen LogP contribution >= 0.6 is 0 Å². The first-order chi connectivity index (χ1) is 7.63. The molecule has 6 nitrogen and oxygen atoms in total. The summed E-state index contributed by atoms with van der Waals surface area (Å²) in [5.74, 6) is 0. The smallest absolute Gasteiger partial charge is 0.211 e. The van der Waals surface area contributed by atoms with Gasteiger partial charge in [0.05, 0.1) is 16.9 Å². The Balaban J connectivity index is 3.23. The predicted octanol–water partition coefficient (Wildman–Crippen LogP) is 0.924. The number of aliphatic imine (C=N–C) groups is 3. The molecule has 1 rings (SSSR count). The van der Waals surface area contributed by atoms with Crippen molar-refractivity contribution in [3.63, 3.8) is 0 Å². The van der Waals surface area contributed by atoms with Crippen LogP contribution in [0.2, 0.25) is 0 Å². The van der Waals surface area contributed by atoms with Crippen molar-refractivity contribution in [2.75, 3.05) is 0 Å². The van der Waals surface area contributed by atoms with Crippen molar-refractivity contribution in [2.45, 2.75) is 18.9 Å². The summed E-state index contributed by atoms with van der Waals surface area (Å²) in [5.41, 5.74) is -0.313. The molecule has 0 bridgehead atoms. The first-order valence-corrected chi connectivity index (χ1v) is 4.32. The van der Waals surface area contributed by atoms with Crippen LogP contribution < -0.4 is 0 Å². The molecule has 0 fully saturated rings. The normalized spacial score (nSPS) is 22.8. The molecular formula is C10H7N3O3. The zero-order chi connectivity index (χ0) is 12.0. The summed E-state index contributed by atoms with van der Waals surface area (Å²) in [4.78, 5) is 40.9. The molecule has 0 amide bonds. The van der Waals surface area contributed by atoms with Crippen molar-refractivity contribution in [3.8, 4) is 0 Å². The average molecular weight is 217 g/mol. The quantitative estimate of drug-likeness (QED) is 0.520. The summed E-state index contributed by atoms with van der Waals surface area (Å²) in [6.07, 6.45) is 7.35. The second kappa shape index (κ2) is 4.91. The van der Waals surface area contributed by atoms with Crippen molar-refractivity contribution in [1.29, 1.82) is 0 Å². The van der Waals surface area contributed by atoms with Crippen molar-refractivity contribution in [2.24, 2.45) is 15.0 Å². The first kappa shape index (κ1) is 11.7. The molecule has 0 saturated carbocycles. The van der Waals surface area contributed by atoms with Gasteiger partial charge in [-0.15, -0.1) is 0 Å². The van der Waals surface area contributed by atoms with Gasteiger partial charge in [-0.1, -0.05) is 0 Å². The lowest BCUT2D eigenvalue weighted by Gasteiger charge is -2.22. The molecule has 0 radical (unpaired) electrons. The molecule has 16 heavy (non-hydrogen) atoms. The summed E-state index contributed by atoms with van der Waals surface area (Å²) in [7, 11) is 0. The minimum atomic E-state index is -0.901. The van der Waals surface area contributed by atoms with E-state index in [1.165, 1.54) is 30.4 Å². The molecule has 1 atom stereocenters. The van der Waals surface area contributed by atoms with Gasteiger partial charge < -0.3 is 0 Å². The van der Waals surface area contributed by atoms with Gasteiger partial charge in [0.2, 0.25) is 18.2 Å². The number of allylic oxidation sites excluding steroid dienone is 1. The highest BCUT2D eigenvalue weighted by atomic mass is 16.1. The molecule has 0 N–H and O–H groups in total. The molecule has 0 aliphatic heterocycles. The highest BCUT2D eigenvalue weighted by Crippen LogP contribution is 2.30. The Morgan fingerprint density at radius 1 is 1.19 bits per heavy atom. The van der Waals surface area contributed by atoms with Gasteiger partial charge in [-0.25, -0.2) is 14.4 Å². The number of isocyanates is 3. The van der Waals surface area contributed by atoms with Crippen LogP contribution in [0.1, 0.15) is 13.3 Å². The molecule has 1 aliphatic rings. The monoisotopic (exact) mass is 217 g/mol. The summed E-state index contributed by atoms with van der Waals surface area (Å²) in [6, 6.07) is 0. The fourth-order valence-corrected chi connectivity index (χ4v) is 1.42. The fraction of sp³-hybridized carbons (Fsp3) is 0.300. The largest absolute Gasteiger partial charge is 0.240 e. The standard InChI is InChI=1S/C10H7N3O3/c1-10(13-7-16)3-8(11-5-14)2-9(4-10)12-6-15/h2-3H,4H2,1H3. The molecule has 0 heterocycles. The predicted molar refractivity (Wildman–Crippen MR) is 53.6 cm³/mol. The summed E-state index contributed by atoms with van der Waals surface area (Å²) >= 11 is 0. The Morgan fingerprint density at radius 3 is 2.44 bits per heavy atom. The first-order valence-electron chi connectivity index (χ1n) is 4.32. The Labute approximate surface area is 90.8 Å².